The van der Waals surface area contributed by atoms with Crippen LogP contribution in [0.3, 0.4) is 0 Å². The molecule has 0 rings (SSSR count). The van der Waals surface area contributed by atoms with Gasteiger partial charge in [0.15, 0.2) is 0 Å². The maximum absolute atomic E-state index is 12.6. The van der Waals surface area contributed by atoms with Gasteiger partial charge in [-0.15, -0.1) is 0 Å². The van der Waals surface area contributed by atoms with E-state index in [0.717, 1.165) is 0 Å². The zero-order chi connectivity index (χ0) is 23.9. The molecule has 3 atom stereocenters. The molecule has 0 unspecified atom stereocenters. The summed E-state index contributed by atoms with van der Waals surface area (Å²) in [7, 11) is 0. The zero-order valence-electron chi connectivity index (χ0n) is 20.0. The summed E-state index contributed by atoms with van der Waals surface area (Å²) in [6.07, 6.45) is -0.341. The molecule has 0 aliphatic rings. The highest BCUT2D eigenvalue weighted by Gasteiger charge is 2.29. The van der Waals surface area contributed by atoms with Gasteiger partial charge in [-0.2, -0.15) is 0 Å². The summed E-state index contributed by atoms with van der Waals surface area (Å²) < 4.78 is 10.4. The van der Waals surface area contributed by atoms with E-state index in [1.807, 2.05) is 13.8 Å². The zero-order valence-corrected chi connectivity index (χ0v) is 20.0. The lowest BCUT2D eigenvalue weighted by molar-refractivity contribution is -0.158. The lowest BCUT2D eigenvalue weighted by Gasteiger charge is -2.26. The van der Waals surface area contributed by atoms with E-state index in [4.69, 9.17) is 9.47 Å². The van der Waals surface area contributed by atoms with Crippen molar-refractivity contribution < 1.29 is 28.7 Å². The van der Waals surface area contributed by atoms with E-state index in [-0.39, 0.29) is 5.92 Å². The molecule has 0 bridgehead atoms. The molecular formula is C21H39N3O6. The highest BCUT2D eigenvalue weighted by atomic mass is 16.6. The molecule has 3 amide bonds. The molecule has 0 aromatic rings. The lowest BCUT2D eigenvalue weighted by atomic mass is 10.0. The van der Waals surface area contributed by atoms with E-state index in [1.165, 1.54) is 13.8 Å². The van der Waals surface area contributed by atoms with Gasteiger partial charge in [0, 0.05) is 0 Å². The number of esters is 1. The molecule has 174 valence electrons. The van der Waals surface area contributed by atoms with Crippen LogP contribution in [0.25, 0.3) is 0 Å². The Kier molecular flexibility index (Phi) is 10.3. The molecule has 0 aliphatic carbocycles. The fourth-order valence-electron chi connectivity index (χ4n) is 2.32. The Balaban J connectivity index is 4.94. The molecule has 0 aromatic carbocycles. The van der Waals surface area contributed by atoms with Crippen molar-refractivity contribution in [2.75, 3.05) is 0 Å². The number of alkyl carbamates (subject to hydrolysis) is 1. The van der Waals surface area contributed by atoms with Gasteiger partial charge in [-0.05, 0) is 67.7 Å². The van der Waals surface area contributed by atoms with Crippen molar-refractivity contribution in [2.24, 2.45) is 5.92 Å². The average molecular weight is 430 g/mol. The lowest BCUT2D eigenvalue weighted by Crippen LogP contribution is -2.55. The van der Waals surface area contributed by atoms with Crippen molar-refractivity contribution in [1.29, 1.82) is 0 Å². The van der Waals surface area contributed by atoms with Crippen LogP contribution >= 0.6 is 0 Å². The van der Waals surface area contributed by atoms with Crippen LogP contribution < -0.4 is 16.0 Å². The molecule has 0 spiro atoms. The van der Waals surface area contributed by atoms with Crippen LogP contribution in [0.5, 0.6) is 0 Å². The normalized spacial score (nSPS) is 14.9. The quantitative estimate of drug-likeness (QED) is 0.509. The first kappa shape index (κ1) is 27.7. The number of hydrogen-bond donors (Lipinski definition) is 3. The predicted octanol–water partition coefficient (Wildman–Crippen LogP) is 2.28. The molecule has 0 saturated heterocycles. The van der Waals surface area contributed by atoms with Gasteiger partial charge in [-0.1, -0.05) is 13.8 Å². The second kappa shape index (κ2) is 11.2. The molecular weight excluding hydrogens is 390 g/mol. The van der Waals surface area contributed by atoms with Gasteiger partial charge >= 0.3 is 12.1 Å². The van der Waals surface area contributed by atoms with E-state index in [0.29, 0.717) is 6.42 Å². The summed E-state index contributed by atoms with van der Waals surface area (Å²) in [5.41, 5.74) is -1.37. The van der Waals surface area contributed by atoms with Crippen molar-refractivity contribution in [2.45, 2.75) is 105 Å². The first-order chi connectivity index (χ1) is 13.4. The number of carbonyl (C=O) groups excluding carboxylic acids is 4. The molecule has 0 aliphatic heterocycles. The van der Waals surface area contributed by atoms with E-state index in [2.05, 4.69) is 16.0 Å². The molecule has 0 fully saturated rings. The fraction of sp³-hybridized carbons (Fsp3) is 0.810. The molecule has 0 heterocycles. The first-order valence-electron chi connectivity index (χ1n) is 10.2. The van der Waals surface area contributed by atoms with Gasteiger partial charge < -0.3 is 25.4 Å². The van der Waals surface area contributed by atoms with E-state index < -0.39 is 53.2 Å². The maximum Gasteiger partial charge on any atom is 0.408 e. The van der Waals surface area contributed by atoms with Gasteiger partial charge in [0.1, 0.15) is 29.3 Å². The monoisotopic (exact) mass is 429 g/mol. The third kappa shape index (κ3) is 12.3. The number of hydrogen-bond acceptors (Lipinski definition) is 6. The summed E-state index contributed by atoms with van der Waals surface area (Å²) >= 11 is 0. The number of rotatable bonds is 8. The van der Waals surface area contributed by atoms with Crippen molar-refractivity contribution in [3.8, 4) is 0 Å². The Hall–Kier alpha value is -2.32. The first-order valence-corrected chi connectivity index (χ1v) is 10.2. The number of carbonyl (C=O) groups is 4. The van der Waals surface area contributed by atoms with Gasteiger partial charge in [0.05, 0.1) is 0 Å². The van der Waals surface area contributed by atoms with Crippen molar-refractivity contribution >= 4 is 23.9 Å². The molecule has 0 radical (unpaired) electrons. The third-order valence-electron chi connectivity index (χ3n) is 3.59. The number of ether oxygens (including phenoxy) is 2. The molecule has 0 aromatic heterocycles. The van der Waals surface area contributed by atoms with E-state index in [1.54, 1.807) is 41.5 Å². The predicted molar refractivity (Wildman–Crippen MR) is 114 cm³/mol. The summed E-state index contributed by atoms with van der Waals surface area (Å²) in [6, 6.07) is -2.65. The second-order valence-electron chi connectivity index (χ2n) is 9.82. The molecule has 9 nitrogen and oxygen atoms in total. The number of amides is 3. The Bertz CT molecular complexity index is 619. The summed E-state index contributed by atoms with van der Waals surface area (Å²) in [5, 5.41) is 7.65. The molecule has 0 saturated carbocycles. The Labute approximate surface area is 180 Å². The second-order valence-corrected chi connectivity index (χ2v) is 9.82. The van der Waals surface area contributed by atoms with Crippen LogP contribution in [0, 0.1) is 5.92 Å². The highest BCUT2D eigenvalue weighted by Crippen LogP contribution is 2.10. The topological polar surface area (TPSA) is 123 Å². The maximum atomic E-state index is 12.6. The molecule has 30 heavy (non-hydrogen) atoms. The summed E-state index contributed by atoms with van der Waals surface area (Å²) in [4.78, 5) is 49.1. The van der Waals surface area contributed by atoms with Gasteiger partial charge in [0.2, 0.25) is 11.8 Å². The van der Waals surface area contributed by atoms with Crippen molar-refractivity contribution in [3.05, 3.63) is 0 Å². The minimum Gasteiger partial charge on any atom is -0.458 e. The molecule has 9 heteroatoms. The van der Waals surface area contributed by atoms with Crippen LogP contribution in [0.1, 0.15) is 75.7 Å². The highest BCUT2D eigenvalue weighted by molar-refractivity contribution is 5.92. The van der Waals surface area contributed by atoms with Crippen LogP contribution in [0.15, 0.2) is 0 Å². The molecule has 3 N–H and O–H groups in total. The standard InChI is InChI=1S/C21H39N3O6/c1-12(2)11-15(24-19(28)30-21(8,9)10)17(26)22-13(3)16(25)23-14(4)18(27)29-20(5,6)7/h12-15H,11H2,1-10H3,(H,22,26)(H,23,25)(H,24,28)/t13-,14-,15-/m0/s1. The Morgan fingerprint density at radius 3 is 1.60 bits per heavy atom. The van der Waals surface area contributed by atoms with Crippen molar-refractivity contribution in [1.82, 2.24) is 16.0 Å². The van der Waals surface area contributed by atoms with Gasteiger partial charge in [0.25, 0.3) is 0 Å². The Morgan fingerprint density at radius 1 is 0.700 bits per heavy atom. The van der Waals surface area contributed by atoms with E-state index in [9.17, 15) is 19.2 Å². The van der Waals surface area contributed by atoms with Crippen LogP contribution in [-0.4, -0.2) is 53.2 Å². The van der Waals surface area contributed by atoms with Crippen molar-refractivity contribution in [3.63, 3.8) is 0 Å². The summed E-state index contributed by atoms with van der Waals surface area (Å²) in [5.74, 6) is -1.50. The van der Waals surface area contributed by atoms with Gasteiger partial charge in [-0.25, -0.2) is 9.59 Å². The average Bonchev–Trinajstić information content (AvgIpc) is 2.49. The fourth-order valence-corrected chi connectivity index (χ4v) is 2.32. The minimum atomic E-state index is -0.919. The van der Waals surface area contributed by atoms with Gasteiger partial charge in [-0.3, -0.25) is 9.59 Å². The number of nitrogens with one attached hydrogen (secondary N) is 3. The Morgan fingerprint density at radius 2 is 1.17 bits per heavy atom. The smallest absolute Gasteiger partial charge is 0.408 e. The van der Waals surface area contributed by atoms with Crippen LogP contribution in [0.2, 0.25) is 0 Å². The van der Waals surface area contributed by atoms with E-state index >= 15 is 0 Å². The minimum absolute atomic E-state index is 0.118. The SMILES string of the molecule is CC(C)C[C@H](NC(=O)OC(C)(C)C)C(=O)N[C@@H](C)C(=O)N[C@@H](C)C(=O)OC(C)(C)C. The van der Waals surface area contributed by atoms with Crippen LogP contribution in [-0.2, 0) is 23.9 Å². The van der Waals surface area contributed by atoms with Crippen LogP contribution in [0.4, 0.5) is 4.79 Å². The largest absolute Gasteiger partial charge is 0.458 e. The third-order valence-corrected chi connectivity index (χ3v) is 3.59. The summed E-state index contributed by atoms with van der Waals surface area (Å²) in [6.45, 7) is 17.2.